The molecule has 1 aliphatic heterocycles. The minimum absolute atomic E-state index is 0.930. The lowest BCUT2D eigenvalue weighted by Gasteiger charge is -2.22. The largest absolute Gasteiger partial charge is 0.356 e. The molecule has 1 saturated heterocycles. The maximum atomic E-state index is 4.50. The van der Waals surface area contributed by atoms with Crippen LogP contribution in [-0.4, -0.2) is 37.5 Å². The molecule has 1 N–H and O–H groups in total. The minimum Gasteiger partial charge on any atom is -0.356 e. The topological polar surface area (TPSA) is 27.6 Å². The Hall–Kier alpha value is -0.990. The van der Waals surface area contributed by atoms with Crippen LogP contribution in [-0.2, 0) is 0 Å². The standard InChI is InChI=1S/C17H29N3/c1-18-17(19-11-10-14-6-2-3-7-14)20-12-15-8-4-5-9-16(15)13-20/h6,15-16H,2-5,7-13H2,1H3,(H,18,19). The second-order valence-corrected chi connectivity index (χ2v) is 6.69. The zero-order valence-electron chi connectivity index (χ0n) is 12.9. The van der Waals surface area contributed by atoms with Crippen molar-refractivity contribution < 1.29 is 0 Å². The van der Waals surface area contributed by atoms with Crippen LogP contribution >= 0.6 is 0 Å². The highest BCUT2D eigenvalue weighted by Crippen LogP contribution is 2.35. The Balaban J connectivity index is 1.47. The van der Waals surface area contributed by atoms with Crippen LogP contribution in [0.25, 0.3) is 0 Å². The first-order chi connectivity index (χ1) is 9.86. The average Bonchev–Trinajstić information content (AvgIpc) is 3.12. The SMILES string of the molecule is CN=C(NCCC1=CCCC1)N1CC2CCCCC2C1. The fourth-order valence-corrected chi connectivity index (χ4v) is 4.21. The van der Waals surface area contributed by atoms with Gasteiger partial charge in [-0.25, -0.2) is 0 Å². The molecule has 112 valence electrons. The molecule has 20 heavy (non-hydrogen) atoms. The summed E-state index contributed by atoms with van der Waals surface area (Å²) in [5.74, 6) is 3.00. The van der Waals surface area contributed by atoms with Crippen LogP contribution in [0, 0.1) is 11.8 Å². The number of guanidine groups is 1. The van der Waals surface area contributed by atoms with Crippen LogP contribution in [0.5, 0.6) is 0 Å². The van der Waals surface area contributed by atoms with Gasteiger partial charge in [-0.3, -0.25) is 4.99 Å². The number of rotatable bonds is 3. The lowest BCUT2D eigenvalue weighted by molar-refractivity contribution is 0.299. The summed E-state index contributed by atoms with van der Waals surface area (Å²) in [6, 6.07) is 0. The van der Waals surface area contributed by atoms with E-state index >= 15 is 0 Å². The Morgan fingerprint density at radius 3 is 2.60 bits per heavy atom. The minimum atomic E-state index is 0.930. The van der Waals surface area contributed by atoms with Gasteiger partial charge in [-0.05, 0) is 50.4 Å². The summed E-state index contributed by atoms with van der Waals surface area (Å²) in [6.07, 6.45) is 13.3. The van der Waals surface area contributed by atoms with Crippen molar-refractivity contribution >= 4 is 5.96 Å². The molecule has 3 nitrogen and oxygen atoms in total. The summed E-state index contributed by atoms with van der Waals surface area (Å²) in [6.45, 7) is 3.50. The van der Waals surface area contributed by atoms with Crippen molar-refractivity contribution in [1.29, 1.82) is 0 Å². The summed E-state index contributed by atoms with van der Waals surface area (Å²) in [7, 11) is 1.93. The molecule has 1 saturated carbocycles. The monoisotopic (exact) mass is 275 g/mol. The fraction of sp³-hybridized carbons (Fsp3) is 0.824. The van der Waals surface area contributed by atoms with Gasteiger partial charge in [0.25, 0.3) is 0 Å². The molecular formula is C17H29N3. The van der Waals surface area contributed by atoms with Crippen LogP contribution in [0.1, 0.15) is 51.4 Å². The molecule has 0 aromatic rings. The summed E-state index contributed by atoms with van der Waals surface area (Å²) >= 11 is 0. The summed E-state index contributed by atoms with van der Waals surface area (Å²) in [4.78, 5) is 7.01. The number of hydrogen-bond acceptors (Lipinski definition) is 1. The smallest absolute Gasteiger partial charge is 0.193 e. The van der Waals surface area contributed by atoms with Crippen LogP contribution in [0.4, 0.5) is 0 Å². The van der Waals surface area contributed by atoms with Crippen LogP contribution in [0.15, 0.2) is 16.6 Å². The maximum Gasteiger partial charge on any atom is 0.193 e. The summed E-state index contributed by atoms with van der Waals surface area (Å²) in [5, 5.41) is 3.58. The van der Waals surface area contributed by atoms with Gasteiger partial charge in [-0.2, -0.15) is 0 Å². The van der Waals surface area contributed by atoms with Crippen molar-refractivity contribution in [2.45, 2.75) is 51.4 Å². The molecule has 3 rings (SSSR count). The number of hydrogen-bond donors (Lipinski definition) is 1. The number of likely N-dealkylation sites (tertiary alicyclic amines) is 1. The molecule has 2 unspecified atom stereocenters. The number of allylic oxidation sites excluding steroid dienone is 1. The Labute approximate surface area is 123 Å². The molecule has 2 atom stereocenters. The number of nitrogens with zero attached hydrogens (tertiary/aromatic N) is 2. The van der Waals surface area contributed by atoms with Crippen molar-refractivity contribution in [1.82, 2.24) is 10.2 Å². The molecule has 3 heteroatoms. The van der Waals surface area contributed by atoms with Gasteiger partial charge in [0.2, 0.25) is 0 Å². The normalized spacial score (nSPS) is 30.4. The number of nitrogens with one attached hydrogen (secondary N) is 1. The third kappa shape index (κ3) is 3.18. The Kier molecular flexibility index (Phi) is 4.64. The molecule has 0 spiro atoms. The molecule has 0 bridgehead atoms. The van der Waals surface area contributed by atoms with Gasteiger partial charge in [0.05, 0.1) is 0 Å². The van der Waals surface area contributed by atoms with E-state index in [9.17, 15) is 0 Å². The number of aliphatic imine (C=N–C) groups is 1. The van der Waals surface area contributed by atoms with Crippen LogP contribution in [0.2, 0.25) is 0 Å². The van der Waals surface area contributed by atoms with E-state index in [0.717, 1.165) is 24.3 Å². The highest BCUT2D eigenvalue weighted by molar-refractivity contribution is 5.80. The van der Waals surface area contributed by atoms with Crippen molar-refractivity contribution in [3.63, 3.8) is 0 Å². The van der Waals surface area contributed by atoms with Crippen LogP contribution < -0.4 is 5.32 Å². The average molecular weight is 275 g/mol. The van der Waals surface area contributed by atoms with E-state index in [-0.39, 0.29) is 0 Å². The summed E-state index contributed by atoms with van der Waals surface area (Å²) < 4.78 is 0. The first kappa shape index (κ1) is 14.0. The van der Waals surface area contributed by atoms with E-state index < -0.39 is 0 Å². The first-order valence-electron chi connectivity index (χ1n) is 8.50. The zero-order valence-corrected chi connectivity index (χ0v) is 12.9. The van der Waals surface area contributed by atoms with E-state index in [2.05, 4.69) is 21.3 Å². The zero-order chi connectivity index (χ0) is 13.8. The highest BCUT2D eigenvalue weighted by Gasteiger charge is 2.35. The predicted octanol–water partition coefficient (Wildman–Crippen LogP) is 3.18. The fourth-order valence-electron chi connectivity index (χ4n) is 4.21. The molecule has 2 fully saturated rings. The molecule has 2 aliphatic carbocycles. The first-order valence-corrected chi connectivity index (χ1v) is 8.50. The van der Waals surface area contributed by atoms with Gasteiger partial charge >= 0.3 is 0 Å². The van der Waals surface area contributed by atoms with Gasteiger partial charge in [0, 0.05) is 26.7 Å². The van der Waals surface area contributed by atoms with Crippen molar-refractivity contribution in [2.75, 3.05) is 26.7 Å². The van der Waals surface area contributed by atoms with Crippen molar-refractivity contribution in [3.05, 3.63) is 11.6 Å². The van der Waals surface area contributed by atoms with E-state index in [0.29, 0.717) is 0 Å². The second kappa shape index (κ2) is 6.64. The molecular weight excluding hydrogens is 246 g/mol. The van der Waals surface area contributed by atoms with E-state index in [1.165, 1.54) is 64.5 Å². The molecule has 0 radical (unpaired) electrons. The molecule has 0 aromatic carbocycles. The van der Waals surface area contributed by atoms with Crippen molar-refractivity contribution in [3.8, 4) is 0 Å². The third-order valence-electron chi connectivity index (χ3n) is 5.35. The summed E-state index contributed by atoms with van der Waals surface area (Å²) in [5.41, 5.74) is 1.64. The molecule has 0 aromatic heterocycles. The van der Waals surface area contributed by atoms with E-state index in [1.807, 2.05) is 7.05 Å². The number of fused-ring (bicyclic) bond motifs is 1. The Bertz CT molecular complexity index is 372. The lowest BCUT2D eigenvalue weighted by atomic mass is 9.82. The molecule has 0 amide bonds. The predicted molar refractivity (Wildman–Crippen MR) is 84.9 cm³/mol. The van der Waals surface area contributed by atoms with E-state index in [4.69, 9.17) is 0 Å². The molecule has 1 heterocycles. The van der Waals surface area contributed by atoms with E-state index in [1.54, 1.807) is 5.57 Å². The maximum absolute atomic E-state index is 4.50. The lowest BCUT2D eigenvalue weighted by Crippen LogP contribution is -2.40. The van der Waals surface area contributed by atoms with Gasteiger partial charge in [-0.15, -0.1) is 0 Å². The van der Waals surface area contributed by atoms with Gasteiger partial charge in [0.1, 0.15) is 0 Å². The van der Waals surface area contributed by atoms with Gasteiger partial charge in [0.15, 0.2) is 5.96 Å². The third-order valence-corrected chi connectivity index (χ3v) is 5.35. The Morgan fingerprint density at radius 1 is 1.25 bits per heavy atom. The Morgan fingerprint density at radius 2 is 2.00 bits per heavy atom. The highest BCUT2D eigenvalue weighted by atomic mass is 15.3. The molecule has 3 aliphatic rings. The van der Waals surface area contributed by atoms with Crippen LogP contribution in [0.3, 0.4) is 0 Å². The van der Waals surface area contributed by atoms with Crippen molar-refractivity contribution in [2.24, 2.45) is 16.8 Å². The second-order valence-electron chi connectivity index (χ2n) is 6.69. The van der Waals surface area contributed by atoms with Gasteiger partial charge in [-0.1, -0.05) is 24.5 Å². The van der Waals surface area contributed by atoms with Gasteiger partial charge < -0.3 is 10.2 Å². The quantitative estimate of drug-likeness (QED) is 0.487.